The lowest BCUT2D eigenvalue weighted by Crippen LogP contribution is -2.61. The van der Waals surface area contributed by atoms with Crippen LogP contribution in [0.4, 0.5) is 10.1 Å². The number of piperazine rings is 1. The number of halogens is 1. The maximum absolute atomic E-state index is 13.2. The van der Waals surface area contributed by atoms with Crippen LogP contribution in [0.5, 0.6) is 0 Å². The van der Waals surface area contributed by atoms with Crippen LogP contribution in [0.15, 0.2) is 18.2 Å². The molecule has 0 bridgehead atoms. The van der Waals surface area contributed by atoms with E-state index in [1.54, 1.807) is 26.8 Å². The molecule has 1 aromatic carbocycles. The van der Waals surface area contributed by atoms with Gasteiger partial charge in [0.15, 0.2) is 0 Å². The number of carbonyl (C=O) groups excluding carboxylic acids is 2. The summed E-state index contributed by atoms with van der Waals surface area (Å²) in [6.07, 6.45) is 0. The van der Waals surface area contributed by atoms with Crippen LogP contribution < -0.4 is 10.2 Å². The molecule has 1 saturated heterocycles. The van der Waals surface area contributed by atoms with Crippen molar-refractivity contribution in [1.82, 2.24) is 5.32 Å². The fourth-order valence-corrected chi connectivity index (χ4v) is 2.04. The first-order valence-electron chi connectivity index (χ1n) is 5.81. The van der Waals surface area contributed by atoms with Crippen molar-refractivity contribution in [3.8, 4) is 0 Å². The third kappa shape index (κ3) is 1.96. The molecule has 5 heteroatoms. The molecule has 1 aliphatic rings. The summed E-state index contributed by atoms with van der Waals surface area (Å²) in [6, 6.07) is 3.26. The molecule has 2 unspecified atom stereocenters. The smallest absolute Gasteiger partial charge is 0.250 e. The fraction of sp³-hybridized carbons (Fsp3) is 0.385. The average molecular weight is 250 g/mol. The second-order valence-electron chi connectivity index (χ2n) is 4.55. The molecule has 2 rings (SSSR count). The molecule has 0 spiro atoms. The monoisotopic (exact) mass is 250 g/mol. The molecule has 0 radical (unpaired) electrons. The number of anilines is 1. The molecular weight excluding hydrogens is 235 g/mol. The van der Waals surface area contributed by atoms with Gasteiger partial charge in [-0.2, -0.15) is 0 Å². The van der Waals surface area contributed by atoms with Gasteiger partial charge >= 0.3 is 0 Å². The predicted octanol–water partition coefficient (Wildman–Crippen LogP) is 1.37. The van der Waals surface area contributed by atoms with Crippen LogP contribution in [0.3, 0.4) is 0 Å². The van der Waals surface area contributed by atoms with E-state index in [2.05, 4.69) is 5.32 Å². The Morgan fingerprint density at radius 3 is 2.56 bits per heavy atom. The molecule has 1 N–H and O–H groups in total. The van der Waals surface area contributed by atoms with Gasteiger partial charge in [0.05, 0.1) is 0 Å². The Labute approximate surface area is 105 Å². The molecule has 2 amide bonds. The normalized spacial score (nSPS) is 24.1. The Balaban J connectivity index is 2.43. The van der Waals surface area contributed by atoms with Gasteiger partial charge < -0.3 is 5.32 Å². The molecule has 18 heavy (non-hydrogen) atoms. The average Bonchev–Trinajstić information content (AvgIpc) is 2.31. The molecule has 96 valence electrons. The molecule has 1 aliphatic heterocycles. The summed E-state index contributed by atoms with van der Waals surface area (Å²) >= 11 is 0. The molecule has 2 atom stereocenters. The second-order valence-corrected chi connectivity index (χ2v) is 4.55. The number of rotatable bonds is 1. The lowest BCUT2D eigenvalue weighted by molar-refractivity contribution is -0.133. The number of aryl methyl sites for hydroxylation is 1. The summed E-state index contributed by atoms with van der Waals surface area (Å²) in [5.41, 5.74) is 0.999. The van der Waals surface area contributed by atoms with Crippen LogP contribution in [0.1, 0.15) is 19.4 Å². The number of carbonyl (C=O) groups is 2. The number of benzene rings is 1. The van der Waals surface area contributed by atoms with Gasteiger partial charge in [-0.1, -0.05) is 0 Å². The second kappa shape index (κ2) is 4.40. The molecule has 1 fully saturated rings. The zero-order valence-corrected chi connectivity index (χ0v) is 10.5. The highest BCUT2D eigenvalue weighted by Gasteiger charge is 2.36. The number of nitrogens with zero attached hydrogens (tertiary/aromatic N) is 1. The van der Waals surface area contributed by atoms with E-state index >= 15 is 0 Å². The molecule has 0 aromatic heterocycles. The van der Waals surface area contributed by atoms with Crippen LogP contribution in [-0.2, 0) is 9.59 Å². The first kappa shape index (κ1) is 12.5. The van der Waals surface area contributed by atoms with Crippen LogP contribution in [0.2, 0.25) is 0 Å². The zero-order valence-electron chi connectivity index (χ0n) is 10.5. The van der Waals surface area contributed by atoms with E-state index in [0.29, 0.717) is 11.3 Å². The van der Waals surface area contributed by atoms with E-state index in [1.807, 2.05) is 0 Å². The van der Waals surface area contributed by atoms with Crippen LogP contribution in [0, 0.1) is 12.7 Å². The highest BCUT2D eigenvalue weighted by molar-refractivity contribution is 6.08. The first-order valence-corrected chi connectivity index (χ1v) is 5.81. The molecule has 4 nitrogen and oxygen atoms in total. The van der Waals surface area contributed by atoms with Gasteiger partial charge in [0, 0.05) is 5.69 Å². The summed E-state index contributed by atoms with van der Waals surface area (Å²) in [4.78, 5) is 25.2. The van der Waals surface area contributed by atoms with Crippen molar-refractivity contribution in [3.63, 3.8) is 0 Å². The number of amides is 2. The minimum absolute atomic E-state index is 0.187. The van der Waals surface area contributed by atoms with Crippen molar-refractivity contribution in [2.45, 2.75) is 32.9 Å². The lowest BCUT2D eigenvalue weighted by Gasteiger charge is -2.36. The Morgan fingerprint density at radius 2 is 1.94 bits per heavy atom. The zero-order chi connectivity index (χ0) is 13.4. The Hall–Kier alpha value is -1.91. The molecule has 1 aromatic rings. The Bertz CT molecular complexity index is 516. The van der Waals surface area contributed by atoms with Gasteiger partial charge in [0.1, 0.15) is 17.9 Å². The molecular formula is C13H15FN2O2. The largest absolute Gasteiger partial charge is 0.343 e. The highest BCUT2D eigenvalue weighted by Crippen LogP contribution is 2.23. The van der Waals surface area contributed by atoms with Crippen molar-refractivity contribution in [2.75, 3.05) is 4.90 Å². The van der Waals surface area contributed by atoms with Gasteiger partial charge in [-0.15, -0.1) is 0 Å². The van der Waals surface area contributed by atoms with E-state index in [9.17, 15) is 14.0 Å². The van der Waals surface area contributed by atoms with Crippen LogP contribution in [-0.4, -0.2) is 23.9 Å². The number of hydrogen-bond donors (Lipinski definition) is 1. The van der Waals surface area contributed by atoms with Gasteiger partial charge in [-0.25, -0.2) is 4.39 Å². The maximum Gasteiger partial charge on any atom is 0.250 e. The van der Waals surface area contributed by atoms with Crippen molar-refractivity contribution in [3.05, 3.63) is 29.6 Å². The molecule has 0 aliphatic carbocycles. The Kier molecular flexibility index (Phi) is 3.07. The number of nitrogens with one attached hydrogen (secondary N) is 1. The maximum atomic E-state index is 13.2. The predicted molar refractivity (Wildman–Crippen MR) is 65.7 cm³/mol. The third-order valence-corrected chi connectivity index (χ3v) is 3.15. The highest BCUT2D eigenvalue weighted by atomic mass is 19.1. The van der Waals surface area contributed by atoms with Gasteiger partial charge in [0.2, 0.25) is 11.8 Å². The SMILES string of the molecule is Cc1cc(N2C(=O)C(C)NC(=O)C2C)ccc1F. The summed E-state index contributed by atoms with van der Waals surface area (Å²) in [7, 11) is 0. The van der Waals surface area contributed by atoms with E-state index in [0.717, 1.165) is 0 Å². The van der Waals surface area contributed by atoms with Crippen LogP contribution >= 0.6 is 0 Å². The lowest BCUT2D eigenvalue weighted by atomic mass is 10.1. The van der Waals surface area contributed by atoms with Gasteiger partial charge in [-0.05, 0) is 44.5 Å². The van der Waals surface area contributed by atoms with Gasteiger partial charge in [0.25, 0.3) is 0 Å². The summed E-state index contributed by atoms with van der Waals surface area (Å²) < 4.78 is 13.2. The van der Waals surface area contributed by atoms with E-state index in [1.165, 1.54) is 17.0 Å². The van der Waals surface area contributed by atoms with Crippen LogP contribution in [0.25, 0.3) is 0 Å². The standard InChI is InChI=1S/C13H15FN2O2/c1-7-6-10(4-5-11(7)14)16-9(3)12(17)15-8(2)13(16)18/h4-6,8-9H,1-3H3,(H,15,17). The Morgan fingerprint density at radius 1 is 1.28 bits per heavy atom. The minimum atomic E-state index is -0.585. The summed E-state index contributed by atoms with van der Waals surface area (Å²) in [5, 5.41) is 2.60. The minimum Gasteiger partial charge on any atom is -0.343 e. The summed E-state index contributed by atoms with van der Waals surface area (Å²) in [6.45, 7) is 4.91. The summed E-state index contributed by atoms with van der Waals surface area (Å²) in [5.74, 6) is -0.717. The quantitative estimate of drug-likeness (QED) is 0.818. The van der Waals surface area contributed by atoms with Crippen molar-refractivity contribution in [2.24, 2.45) is 0 Å². The molecule has 1 heterocycles. The van der Waals surface area contributed by atoms with E-state index in [4.69, 9.17) is 0 Å². The van der Waals surface area contributed by atoms with Gasteiger partial charge in [-0.3, -0.25) is 14.5 Å². The topological polar surface area (TPSA) is 49.4 Å². The number of hydrogen-bond acceptors (Lipinski definition) is 2. The first-order chi connectivity index (χ1) is 8.41. The fourth-order valence-electron chi connectivity index (χ4n) is 2.04. The van der Waals surface area contributed by atoms with E-state index < -0.39 is 12.1 Å². The van der Waals surface area contributed by atoms with Crippen molar-refractivity contribution in [1.29, 1.82) is 0 Å². The van der Waals surface area contributed by atoms with E-state index in [-0.39, 0.29) is 17.6 Å². The third-order valence-electron chi connectivity index (χ3n) is 3.15. The van der Waals surface area contributed by atoms with Crippen molar-refractivity contribution >= 4 is 17.5 Å². The molecule has 0 saturated carbocycles. The van der Waals surface area contributed by atoms with Crippen molar-refractivity contribution < 1.29 is 14.0 Å².